The first-order valence-corrected chi connectivity index (χ1v) is 5.81. The van der Waals surface area contributed by atoms with Crippen molar-refractivity contribution in [2.24, 2.45) is 0 Å². The van der Waals surface area contributed by atoms with Gasteiger partial charge in [0.05, 0.1) is 43.3 Å². The van der Waals surface area contributed by atoms with Crippen molar-refractivity contribution in [3.8, 4) is 0 Å². The highest BCUT2D eigenvalue weighted by Crippen LogP contribution is 2.27. The molecule has 2 atom stereocenters. The summed E-state index contributed by atoms with van der Waals surface area (Å²) in [6.07, 6.45) is 2.20. The summed E-state index contributed by atoms with van der Waals surface area (Å²) in [6.45, 7) is 1.09. The highest BCUT2D eigenvalue weighted by Gasteiger charge is 2.32. The number of aliphatic carboxylic acids is 2. The Hall–Kier alpha value is -1.86. The minimum absolute atomic E-state index is 0.0531. The molecule has 0 spiro atoms. The van der Waals surface area contributed by atoms with E-state index in [4.69, 9.17) is 19.3 Å². The lowest BCUT2D eigenvalue weighted by atomic mass is 10.1. The van der Waals surface area contributed by atoms with Crippen LogP contribution < -0.4 is 0 Å². The monoisotopic (exact) mass is 270 g/mol. The first-order valence-electron chi connectivity index (χ1n) is 5.81. The molecule has 0 radical (unpaired) electrons. The minimum Gasteiger partial charge on any atom is -0.478 e. The van der Waals surface area contributed by atoms with E-state index in [0.29, 0.717) is 19.6 Å². The Kier molecular flexibility index (Phi) is 4.18. The van der Waals surface area contributed by atoms with Crippen LogP contribution in [0.1, 0.15) is 12.8 Å². The molecule has 0 saturated carbocycles. The fourth-order valence-corrected chi connectivity index (χ4v) is 1.54. The topological polar surface area (TPSA) is 109 Å². The lowest BCUT2D eigenvalue weighted by Gasteiger charge is -2.09. The Labute approximate surface area is 109 Å². The lowest BCUT2D eigenvalue weighted by Crippen LogP contribution is -2.10. The molecule has 2 unspecified atom stereocenters. The van der Waals surface area contributed by atoms with Crippen LogP contribution in [0.2, 0.25) is 0 Å². The van der Waals surface area contributed by atoms with Crippen LogP contribution in [0, 0.1) is 0 Å². The summed E-state index contributed by atoms with van der Waals surface area (Å²) in [5, 5.41) is 17.7. The standard InChI is InChI=1S/C12H14O7/c13-11(14)1-2-17-10(4-8-6-19-8)9(12(15)16)3-7-5-18-7/h1-2,7-8H,3-6H2,(H,13,14)(H,15,16). The van der Waals surface area contributed by atoms with Crippen molar-refractivity contribution in [1.82, 2.24) is 0 Å². The molecule has 104 valence electrons. The fraction of sp³-hybridized carbons (Fsp3) is 0.500. The number of rotatable bonds is 8. The summed E-state index contributed by atoms with van der Waals surface area (Å²) in [5.74, 6) is -2.03. The number of carbonyl (C=O) groups is 2. The summed E-state index contributed by atoms with van der Waals surface area (Å²) in [4.78, 5) is 21.6. The Bertz CT molecular complexity index is 429. The van der Waals surface area contributed by atoms with Gasteiger partial charge < -0.3 is 24.4 Å². The van der Waals surface area contributed by atoms with E-state index in [1.165, 1.54) is 0 Å². The Balaban J connectivity index is 2.09. The molecular formula is C12H14O7. The van der Waals surface area contributed by atoms with Crippen molar-refractivity contribution < 1.29 is 34.0 Å². The third-order valence-electron chi connectivity index (χ3n) is 2.67. The van der Waals surface area contributed by atoms with E-state index in [9.17, 15) is 14.7 Å². The normalized spacial score (nSPS) is 25.9. The van der Waals surface area contributed by atoms with Gasteiger partial charge in [0.25, 0.3) is 0 Å². The Morgan fingerprint density at radius 1 is 1.16 bits per heavy atom. The molecule has 2 N–H and O–H groups in total. The average molecular weight is 270 g/mol. The van der Waals surface area contributed by atoms with Crippen LogP contribution in [0.3, 0.4) is 0 Å². The molecule has 7 nitrogen and oxygen atoms in total. The van der Waals surface area contributed by atoms with Gasteiger partial charge in [0, 0.05) is 12.8 Å². The van der Waals surface area contributed by atoms with Crippen LogP contribution in [0.15, 0.2) is 23.7 Å². The maximum absolute atomic E-state index is 11.2. The van der Waals surface area contributed by atoms with Crippen molar-refractivity contribution in [3.05, 3.63) is 23.7 Å². The summed E-state index contributed by atoms with van der Waals surface area (Å²) >= 11 is 0. The van der Waals surface area contributed by atoms with Gasteiger partial charge in [0.15, 0.2) is 0 Å². The summed E-state index contributed by atoms with van der Waals surface area (Å²) in [5.41, 5.74) is 0.105. The molecule has 0 bridgehead atoms. The third-order valence-corrected chi connectivity index (χ3v) is 2.67. The number of epoxide rings is 2. The van der Waals surface area contributed by atoms with Gasteiger partial charge in [-0.15, -0.1) is 0 Å². The Morgan fingerprint density at radius 2 is 1.74 bits per heavy atom. The van der Waals surface area contributed by atoms with Gasteiger partial charge in [-0.1, -0.05) is 0 Å². The molecule has 2 saturated heterocycles. The number of ether oxygens (including phenoxy) is 3. The first-order chi connectivity index (χ1) is 9.06. The van der Waals surface area contributed by atoms with Gasteiger partial charge in [-0.05, 0) is 0 Å². The number of hydrogen-bond donors (Lipinski definition) is 2. The lowest BCUT2D eigenvalue weighted by molar-refractivity contribution is -0.133. The average Bonchev–Trinajstić information content (AvgIpc) is 3.19. The zero-order chi connectivity index (χ0) is 13.8. The van der Waals surface area contributed by atoms with Crippen LogP contribution in [-0.2, 0) is 23.8 Å². The van der Waals surface area contributed by atoms with E-state index in [0.717, 1.165) is 12.3 Å². The van der Waals surface area contributed by atoms with Crippen LogP contribution in [-0.4, -0.2) is 47.6 Å². The highest BCUT2D eigenvalue weighted by atomic mass is 16.6. The fourth-order valence-electron chi connectivity index (χ4n) is 1.54. The summed E-state index contributed by atoms with van der Waals surface area (Å²) < 4.78 is 15.2. The SMILES string of the molecule is O=C(O)C=COC(CC1CO1)=C(CC1CO1)C(=O)O. The molecule has 2 heterocycles. The van der Waals surface area contributed by atoms with E-state index in [-0.39, 0.29) is 30.0 Å². The van der Waals surface area contributed by atoms with Gasteiger partial charge in [0.2, 0.25) is 0 Å². The second kappa shape index (κ2) is 5.85. The molecule has 0 aromatic heterocycles. The van der Waals surface area contributed by atoms with E-state index in [1.807, 2.05) is 0 Å². The smallest absolute Gasteiger partial charge is 0.335 e. The molecular weight excluding hydrogens is 256 g/mol. The summed E-state index contributed by atoms with van der Waals surface area (Å²) in [7, 11) is 0. The Morgan fingerprint density at radius 3 is 2.21 bits per heavy atom. The molecule has 2 aliphatic heterocycles. The highest BCUT2D eigenvalue weighted by molar-refractivity contribution is 5.87. The predicted molar refractivity (Wildman–Crippen MR) is 61.2 cm³/mol. The second-order valence-electron chi connectivity index (χ2n) is 4.28. The van der Waals surface area contributed by atoms with Crippen molar-refractivity contribution in [3.63, 3.8) is 0 Å². The van der Waals surface area contributed by atoms with Crippen LogP contribution in [0.4, 0.5) is 0 Å². The van der Waals surface area contributed by atoms with Crippen molar-refractivity contribution in [2.45, 2.75) is 25.0 Å². The molecule has 0 aromatic carbocycles. The van der Waals surface area contributed by atoms with E-state index < -0.39 is 11.9 Å². The largest absolute Gasteiger partial charge is 0.478 e. The number of carboxylic acid groups (broad SMARTS) is 2. The molecule has 2 aliphatic rings. The zero-order valence-electron chi connectivity index (χ0n) is 10.1. The molecule has 7 heteroatoms. The predicted octanol–water partition coefficient (Wildman–Crippen LogP) is 0.518. The van der Waals surface area contributed by atoms with Gasteiger partial charge in [0.1, 0.15) is 5.76 Å². The van der Waals surface area contributed by atoms with Gasteiger partial charge in [-0.25, -0.2) is 9.59 Å². The van der Waals surface area contributed by atoms with Gasteiger partial charge in [-0.2, -0.15) is 0 Å². The van der Waals surface area contributed by atoms with Crippen LogP contribution in [0.25, 0.3) is 0 Å². The third kappa shape index (κ3) is 4.72. The van der Waals surface area contributed by atoms with Crippen molar-refractivity contribution >= 4 is 11.9 Å². The second-order valence-corrected chi connectivity index (χ2v) is 4.28. The molecule has 19 heavy (non-hydrogen) atoms. The molecule has 0 aliphatic carbocycles. The first kappa shape index (κ1) is 13.6. The number of carboxylic acids is 2. The summed E-state index contributed by atoms with van der Waals surface area (Å²) in [6, 6.07) is 0. The van der Waals surface area contributed by atoms with Crippen LogP contribution >= 0.6 is 0 Å². The molecule has 0 amide bonds. The maximum atomic E-state index is 11.2. The molecule has 2 fully saturated rings. The van der Waals surface area contributed by atoms with Gasteiger partial charge in [-0.3, -0.25) is 0 Å². The van der Waals surface area contributed by atoms with E-state index >= 15 is 0 Å². The van der Waals surface area contributed by atoms with E-state index in [1.54, 1.807) is 0 Å². The van der Waals surface area contributed by atoms with Gasteiger partial charge >= 0.3 is 11.9 Å². The van der Waals surface area contributed by atoms with Crippen LogP contribution in [0.5, 0.6) is 0 Å². The van der Waals surface area contributed by atoms with Crippen molar-refractivity contribution in [2.75, 3.05) is 13.2 Å². The zero-order valence-corrected chi connectivity index (χ0v) is 10.1. The molecule has 0 aromatic rings. The minimum atomic E-state index is -1.16. The molecule has 2 rings (SSSR count). The quantitative estimate of drug-likeness (QED) is 0.376. The van der Waals surface area contributed by atoms with E-state index in [2.05, 4.69) is 0 Å². The number of hydrogen-bond acceptors (Lipinski definition) is 5. The maximum Gasteiger partial charge on any atom is 0.335 e. The van der Waals surface area contributed by atoms with Crippen molar-refractivity contribution in [1.29, 1.82) is 0 Å².